The summed E-state index contributed by atoms with van der Waals surface area (Å²) < 4.78 is 94.0. The van der Waals surface area contributed by atoms with Crippen LogP contribution in [-0.2, 0) is 12.4 Å². The Labute approximate surface area is 466 Å². The third-order valence-corrected chi connectivity index (χ3v) is 15.0. The summed E-state index contributed by atoms with van der Waals surface area (Å²) in [5.41, 5.74) is 5.29. The van der Waals surface area contributed by atoms with Crippen LogP contribution in [0.2, 0.25) is 0 Å². The average Bonchev–Trinajstić information content (AvgIpc) is 2.85. The van der Waals surface area contributed by atoms with E-state index in [9.17, 15) is 10.5 Å². The molecule has 2 heterocycles. The summed E-state index contributed by atoms with van der Waals surface area (Å²) in [4.78, 5) is 4.12. The van der Waals surface area contributed by atoms with Crippen molar-refractivity contribution in [1.82, 2.24) is 9.13 Å². The fourth-order valence-electron chi connectivity index (χ4n) is 11.5. The zero-order valence-electron chi connectivity index (χ0n) is 43.2. The van der Waals surface area contributed by atoms with Crippen LogP contribution in [0.25, 0.3) is 77.2 Å². The number of nitrogens with zero attached hydrogens (tertiary/aromatic N) is 6. The highest BCUT2D eigenvalue weighted by atomic mass is 19.4. The lowest BCUT2D eigenvalue weighted by atomic mass is 9.86. The van der Waals surface area contributed by atoms with Crippen LogP contribution in [0.4, 0.5) is 60.5 Å². The molecule has 0 unspecified atom stereocenters. The van der Waals surface area contributed by atoms with Gasteiger partial charge in [0.2, 0.25) is 0 Å². The summed E-state index contributed by atoms with van der Waals surface area (Å²) in [6.07, 6.45) is -9.57. The molecule has 13 rings (SSSR count). The lowest BCUT2D eigenvalue weighted by Crippen LogP contribution is -2.12. The Bertz CT molecular complexity index is 4580. The summed E-state index contributed by atoms with van der Waals surface area (Å²) in [6.45, 7) is 0. The van der Waals surface area contributed by atoms with Crippen molar-refractivity contribution in [2.24, 2.45) is 0 Å². The first-order valence-electron chi connectivity index (χ1n) is 26.2. The minimum absolute atomic E-state index is 0.0490. The van der Waals surface area contributed by atoms with E-state index in [0.717, 1.165) is 52.7 Å². The monoisotopic (exact) mass is 1080 g/mol. The first-order chi connectivity index (χ1) is 39.9. The summed E-state index contributed by atoms with van der Waals surface area (Å²) >= 11 is 0. The normalized spacial score (nSPS) is 11.8. The molecule has 0 aliphatic heterocycles. The molecule has 0 aliphatic carbocycles. The van der Waals surface area contributed by atoms with Crippen molar-refractivity contribution in [3.63, 3.8) is 0 Å². The predicted molar refractivity (Wildman–Crippen MR) is 315 cm³/mol. The van der Waals surface area contributed by atoms with Gasteiger partial charge in [-0.25, -0.2) is 0 Å². The Morgan fingerprint density at radius 2 is 0.622 bits per heavy atom. The van der Waals surface area contributed by atoms with Gasteiger partial charge in [0.15, 0.2) is 0 Å². The van der Waals surface area contributed by atoms with Gasteiger partial charge >= 0.3 is 12.4 Å². The van der Waals surface area contributed by atoms with E-state index in [2.05, 4.69) is 21.9 Å². The van der Waals surface area contributed by atoms with Gasteiger partial charge in [-0.1, -0.05) is 146 Å². The number of alkyl halides is 6. The van der Waals surface area contributed by atoms with Gasteiger partial charge < -0.3 is 18.9 Å². The molecule has 0 atom stereocenters. The van der Waals surface area contributed by atoms with E-state index in [4.69, 9.17) is 0 Å². The van der Waals surface area contributed by atoms with Crippen LogP contribution < -0.4 is 9.80 Å². The maximum absolute atomic E-state index is 15.2. The Hall–Kier alpha value is -10.8. The molecule has 2 aromatic heterocycles. The SMILES string of the molecule is N#Cc1c(C#N)c(-n2c3ccccc3c3ccc(C(F)(F)F)cc32)c(-c2ccc(N(c3ccccc3)c3ccccc3)cc2)c(-n2c3ccccc3c3ccc(C(F)(F)F)cc32)c1-c1ccc(N(c2ccccc2)c2ccccc2)cc1. The van der Waals surface area contributed by atoms with E-state index in [0.29, 0.717) is 49.4 Å². The summed E-state index contributed by atoms with van der Waals surface area (Å²) in [6, 6.07) is 79.8. The Balaban J connectivity index is 1.21. The fourth-order valence-corrected chi connectivity index (χ4v) is 11.5. The van der Waals surface area contributed by atoms with Crippen molar-refractivity contribution in [3.8, 4) is 45.8 Å². The molecule has 0 fully saturated rings. The Morgan fingerprint density at radius 1 is 0.305 bits per heavy atom. The maximum atomic E-state index is 15.2. The molecule has 11 aromatic carbocycles. The van der Waals surface area contributed by atoms with Crippen LogP contribution in [0, 0.1) is 22.7 Å². The molecule has 0 amide bonds. The van der Waals surface area contributed by atoms with Crippen molar-refractivity contribution in [3.05, 3.63) is 277 Å². The molecular weight excluding hydrogens is 1040 g/mol. The minimum atomic E-state index is -4.79. The number of para-hydroxylation sites is 6. The van der Waals surface area contributed by atoms with Crippen LogP contribution in [0.3, 0.4) is 0 Å². The van der Waals surface area contributed by atoms with Crippen molar-refractivity contribution in [1.29, 1.82) is 10.5 Å². The highest BCUT2D eigenvalue weighted by Crippen LogP contribution is 2.51. The first kappa shape index (κ1) is 50.7. The first-order valence-corrected chi connectivity index (χ1v) is 26.2. The second kappa shape index (κ2) is 20.1. The molecule has 394 valence electrons. The number of aromatic nitrogens is 2. The van der Waals surface area contributed by atoms with Crippen LogP contribution in [0.1, 0.15) is 22.3 Å². The highest BCUT2D eigenvalue weighted by molar-refractivity contribution is 6.14. The second-order valence-electron chi connectivity index (χ2n) is 19.7. The number of hydrogen-bond acceptors (Lipinski definition) is 4. The quantitative estimate of drug-likeness (QED) is 0.128. The number of fused-ring (bicyclic) bond motifs is 6. The second-order valence-corrected chi connectivity index (χ2v) is 19.7. The molecule has 0 N–H and O–H groups in total. The number of rotatable bonds is 10. The smallest absolute Gasteiger partial charge is 0.311 e. The van der Waals surface area contributed by atoms with Gasteiger partial charge in [0.1, 0.15) is 12.1 Å². The van der Waals surface area contributed by atoms with Crippen LogP contribution in [0.5, 0.6) is 0 Å². The molecule has 0 bridgehead atoms. The summed E-state index contributed by atoms with van der Waals surface area (Å²) in [7, 11) is 0. The van der Waals surface area contributed by atoms with Crippen molar-refractivity contribution < 1.29 is 26.3 Å². The van der Waals surface area contributed by atoms with E-state index >= 15 is 26.3 Å². The van der Waals surface area contributed by atoms with Crippen LogP contribution in [-0.4, -0.2) is 9.13 Å². The number of nitriles is 2. The summed E-state index contributed by atoms with van der Waals surface area (Å²) in [5, 5.41) is 25.8. The largest absolute Gasteiger partial charge is 0.416 e. The standard InChI is InChI=1S/C70H42F6N6/c71-69(72,73)47-33-39-57-55-25-13-15-27-61(55)81(63(57)41-47)67-60(44-78)59(43-77)65(45-29-35-53(36-30-45)79(49-17-5-1-6-18-49)50-19-7-2-8-20-50)68(82-62-28-16-14-26-56(62)58-40-34-48(42-64(58)82)70(74,75)76)66(67)46-31-37-54(38-32-46)80(51-21-9-3-10-22-51)52-23-11-4-12-24-52/h1-42H. The van der Waals surface area contributed by atoms with Gasteiger partial charge in [-0.05, 0) is 120 Å². The van der Waals surface area contributed by atoms with E-state index in [1.54, 1.807) is 51.6 Å². The zero-order chi connectivity index (χ0) is 56.3. The number of hydrogen-bond donors (Lipinski definition) is 0. The van der Waals surface area contributed by atoms with Crippen LogP contribution >= 0.6 is 0 Å². The van der Waals surface area contributed by atoms with Crippen LogP contribution in [0.15, 0.2) is 255 Å². The molecule has 13 aromatic rings. The maximum Gasteiger partial charge on any atom is 0.416 e. The number of benzene rings is 11. The van der Waals surface area contributed by atoms with Gasteiger partial charge in [-0.2, -0.15) is 36.9 Å². The molecule has 0 spiro atoms. The van der Waals surface area contributed by atoms with Gasteiger partial charge in [-0.3, -0.25) is 0 Å². The Kier molecular flexibility index (Phi) is 12.4. The molecule has 0 saturated carbocycles. The fraction of sp³-hybridized carbons (Fsp3) is 0.0286. The minimum Gasteiger partial charge on any atom is -0.311 e. The van der Waals surface area contributed by atoms with E-state index in [-0.39, 0.29) is 44.7 Å². The van der Waals surface area contributed by atoms with E-state index in [1.807, 2.05) is 176 Å². The van der Waals surface area contributed by atoms with Gasteiger partial charge in [-0.15, -0.1) is 0 Å². The molecule has 82 heavy (non-hydrogen) atoms. The molecule has 0 saturated heterocycles. The zero-order valence-corrected chi connectivity index (χ0v) is 43.2. The lowest BCUT2D eigenvalue weighted by molar-refractivity contribution is -0.138. The molecular formula is C70H42F6N6. The molecule has 0 aliphatic rings. The number of anilines is 6. The third kappa shape index (κ3) is 8.62. The van der Waals surface area contributed by atoms with Gasteiger partial charge in [0, 0.05) is 66.8 Å². The summed E-state index contributed by atoms with van der Waals surface area (Å²) in [5.74, 6) is 0. The van der Waals surface area contributed by atoms with Gasteiger partial charge in [0.05, 0.1) is 55.7 Å². The van der Waals surface area contributed by atoms with Crippen molar-refractivity contribution in [2.75, 3.05) is 9.80 Å². The Morgan fingerprint density at radius 3 is 0.988 bits per heavy atom. The van der Waals surface area contributed by atoms with E-state index < -0.39 is 23.5 Å². The molecule has 6 nitrogen and oxygen atoms in total. The van der Waals surface area contributed by atoms with E-state index in [1.165, 1.54) is 12.1 Å². The number of halogens is 6. The lowest BCUT2D eigenvalue weighted by Gasteiger charge is -2.28. The van der Waals surface area contributed by atoms with Crippen molar-refractivity contribution >= 4 is 77.7 Å². The molecule has 0 radical (unpaired) electrons. The van der Waals surface area contributed by atoms with Crippen molar-refractivity contribution in [2.45, 2.75) is 12.4 Å². The molecule has 12 heteroatoms. The highest BCUT2D eigenvalue weighted by Gasteiger charge is 2.36. The van der Waals surface area contributed by atoms with Gasteiger partial charge in [0.25, 0.3) is 0 Å². The third-order valence-electron chi connectivity index (χ3n) is 15.0. The topological polar surface area (TPSA) is 63.9 Å². The predicted octanol–water partition coefficient (Wildman–Crippen LogP) is 19.9. The average molecular weight is 1080 g/mol.